The number of piperidine rings is 1. The van der Waals surface area contributed by atoms with E-state index in [-0.39, 0.29) is 23.8 Å². The van der Waals surface area contributed by atoms with E-state index < -0.39 is 0 Å². The predicted octanol–water partition coefficient (Wildman–Crippen LogP) is 4.79. The maximum absolute atomic E-state index is 14.0. The molecule has 0 unspecified atom stereocenters. The van der Waals surface area contributed by atoms with Crippen molar-refractivity contribution in [3.8, 4) is 0 Å². The van der Waals surface area contributed by atoms with E-state index in [1.54, 1.807) is 0 Å². The summed E-state index contributed by atoms with van der Waals surface area (Å²) in [5.41, 5.74) is 4.18. The fraction of sp³-hybridized carbons (Fsp3) is 0.517. The van der Waals surface area contributed by atoms with E-state index in [1.807, 2.05) is 29.3 Å². The third-order valence-electron chi connectivity index (χ3n) is 8.14. The van der Waals surface area contributed by atoms with E-state index in [1.165, 1.54) is 5.56 Å². The SMILES string of the molecule is CCC(CC)n1cc(Nc2ncc3c(n2)CN(C(=O)[C@H]2CCN(C)C[C@@H]2c2ccccc2)[C@H](C)C3)cn1. The summed E-state index contributed by atoms with van der Waals surface area (Å²) in [4.78, 5) is 27.8. The van der Waals surface area contributed by atoms with Gasteiger partial charge < -0.3 is 15.1 Å². The van der Waals surface area contributed by atoms with Crippen molar-refractivity contribution in [3.63, 3.8) is 0 Å². The van der Waals surface area contributed by atoms with Crippen molar-refractivity contribution in [2.75, 3.05) is 25.5 Å². The second kappa shape index (κ2) is 11.0. The molecule has 1 amide bonds. The molecule has 0 radical (unpaired) electrons. The lowest BCUT2D eigenvalue weighted by Crippen LogP contribution is -2.50. The second-order valence-corrected chi connectivity index (χ2v) is 10.7. The molecule has 196 valence electrons. The molecule has 1 N–H and O–H groups in total. The van der Waals surface area contributed by atoms with Crippen LogP contribution in [0.25, 0.3) is 0 Å². The summed E-state index contributed by atoms with van der Waals surface area (Å²) in [6.07, 6.45) is 9.48. The number of nitrogens with one attached hydrogen (secondary N) is 1. The molecule has 37 heavy (non-hydrogen) atoms. The van der Waals surface area contributed by atoms with Gasteiger partial charge in [0.15, 0.2) is 0 Å². The molecule has 1 fully saturated rings. The Morgan fingerprint density at radius 3 is 2.70 bits per heavy atom. The molecule has 8 nitrogen and oxygen atoms in total. The quantitative estimate of drug-likeness (QED) is 0.502. The number of hydrogen-bond acceptors (Lipinski definition) is 6. The van der Waals surface area contributed by atoms with Crippen LogP contribution in [0.1, 0.15) is 68.8 Å². The summed E-state index contributed by atoms with van der Waals surface area (Å²) in [5.74, 6) is 0.985. The first-order valence-corrected chi connectivity index (χ1v) is 13.7. The molecular formula is C29H39N7O. The monoisotopic (exact) mass is 501 g/mol. The van der Waals surface area contributed by atoms with E-state index in [4.69, 9.17) is 4.98 Å². The van der Waals surface area contributed by atoms with Crippen molar-refractivity contribution in [3.05, 3.63) is 65.7 Å². The molecule has 2 aliphatic rings. The Morgan fingerprint density at radius 1 is 1.16 bits per heavy atom. The van der Waals surface area contributed by atoms with Crippen LogP contribution in [-0.2, 0) is 17.8 Å². The normalized spacial score (nSPS) is 22.2. The maximum Gasteiger partial charge on any atom is 0.227 e. The third kappa shape index (κ3) is 5.39. The molecular weight excluding hydrogens is 462 g/mol. The zero-order valence-corrected chi connectivity index (χ0v) is 22.5. The number of likely N-dealkylation sites (tertiary alicyclic amines) is 1. The number of carbonyl (C=O) groups is 1. The smallest absolute Gasteiger partial charge is 0.227 e. The topological polar surface area (TPSA) is 79.2 Å². The lowest BCUT2D eigenvalue weighted by Gasteiger charge is -2.42. The summed E-state index contributed by atoms with van der Waals surface area (Å²) in [6.45, 7) is 8.87. The van der Waals surface area contributed by atoms with Gasteiger partial charge in [0, 0.05) is 36.8 Å². The second-order valence-electron chi connectivity index (χ2n) is 10.7. The van der Waals surface area contributed by atoms with Crippen molar-refractivity contribution >= 4 is 17.5 Å². The van der Waals surface area contributed by atoms with Crippen LogP contribution in [-0.4, -0.2) is 61.6 Å². The number of likely N-dealkylation sites (N-methyl/N-ethyl adjacent to an activating group) is 1. The number of hydrogen-bond donors (Lipinski definition) is 1. The standard InChI is InChI=1S/C29H39N7O/c1-5-24(6-2)36-17-23(16-31-36)32-29-30-15-22-14-20(3)35(19-27(22)33-29)28(37)25-12-13-34(4)18-26(25)21-10-8-7-9-11-21/h7-11,15-17,20,24-26H,5-6,12-14,18-19H2,1-4H3,(H,30,32,33)/t20-,25+,26-/m1/s1. The minimum absolute atomic E-state index is 0.0158. The number of anilines is 2. The predicted molar refractivity (Wildman–Crippen MR) is 146 cm³/mol. The molecule has 8 heteroatoms. The first-order valence-electron chi connectivity index (χ1n) is 13.7. The fourth-order valence-electron chi connectivity index (χ4n) is 5.91. The highest BCUT2D eigenvalue weighted by atomic mass is 16.2. The molecule has 1 aromatic carbocycles. The highest BCUT2D eigenvalue weighted by molar-refractivity contribution is 5.81. The van der Waals surface area contributed by atoms with Gasteiger partial charge >= 0.3 is 0 Å². The van der Waals surface area contributed by atoms with E-state index in [0.29, 0.717) is 18.5 Å². The Balaban J connectivity index is 1.33. The molecule has 0 saturated carbocycles. The Bertz CT molecular complexity index is 1210. The van der Waals surface area contributed by atoms with E-state index in [0.717, 1.165) is 55.7 Å². The van der Waals surface area contributed by atoms with Gasteiger partial charge in [0.25, 0.3) is 0 Å². The number of nitrogens with zero attached hydrogens (tertiary/aromatic N) is 6. The molecule has 1 saturated heterocycles. The Hall–Kier alpha value is -3.26. The molecule has 0 bridgehead atoms. The number of aromatic nitrogens is 4. The summed E-state index contributed by atoms with van der Waals surface area (Å²) in [6, 6.07) is 11.0. The summed E-state index contributed by atoms with van der Waals surface area (Å²) in [7, 11) is 2.15. The first kappa shape index (κ1) is 25.4. The Labute approximate surface area is 220 Å². The van der Waals surface area contributed by atoms with Crippen LogP contribution in [0.4, 0.5) is 11.6 Å². The largest absolute Gasteiger partial charge is 0.333 e. The van der Waals surface area contributed by atoms with Gasteiger partial charge in [0.05, 0.1) is 30.2 Å². The summed E-state index contributed by atoms with van der Waals surface area (Å²) >= 11 is 0. The Kier molecular flexibility index (Phi) is 7.55. The molecule has 4 heterocycles. The van der Waals surface area contributed by atoms with E-state index in [2.05, 4.69) is 77.3 Å². The van der Waals surface area contributed by atoms with Crippen LogP contribution in [0.15, 0.2) is 48.9 Å². The van der Waals surface area contributed by atoms with Crippen LogP contribution in [0.5, 0.6) is 0 Å². The number of rotatable bonds is 7. The average Bonchev–Trinajstić information content (AvgIpc) is 3.37. The molecule has 2 aromatic heterocycles. The van der Waals surface area contributed by atoms with Gasteiger partial charge in [0.1, 0.15) is 0 Å². The minimum Gasteiger partial charge on any atom is -0.333 e. The third-order valence-corrected chi connectivity index (χ3v) is 8.14. The van der Waals surface area contributed by atoms with Gasteiger partial charge in [-0.05, 0) is 57.3 Å². The first-order chi connectivity index (χ1) is 18.0. The van der Waals surface area contributed by atoms with Gasteiger partial charge in [-0.1, -0.05) is 44.2 Å². The van der Waals surface area contributed by atoms with Crippen LogP contribution in [0, 0.1) is 5.92 Å². The van der Waals surface area contributed by atoms with Crippen molar-refractivity contribution in [2.24, 2.45) is 5.92 Å². The molecule has 5 rings (SSSR count). The van der Waals surface area contributed by atoms with Crippen LogP contribution >= 0.6 is 0 Å². The van der Waals surface area contributed by atoms with E-state index in [9.17, 15) is 4.79 Å². The van der Waals surface area contributed by atoms with Gasteiger partial charge in [-0.15, -0.1) is 0 Å². The van der Waals surface area contributed by atoms with Crippen LogP contribution in [0.3, 0.4) is 0 Å². The zero-order valence-electron chi connectivity index (χ0n) is 22.5. The number of fused-ring (bicyclic) bond motifs is 1. The van der Waals surface area contributed by atoms with Crippen molar-refractivity contribution in [2.45, 2.75) is 71.0 Å². The average molecular weight is 502 g/mol. The van der Waals surface area contributed by atoms with Gasteiger partial charge in [-0.2, -0.15) is 5.10 Å². The van der Waals surface area contributed by atoms with E-state index >= 15 is 0 Å². The zero-order chi connectivity index (χ0) is 25.9. The molecule has 3 atom stereocenters. The van der Waals surface area contributed by atoms with Gasteiger partial charge in [0.2, 0.25) is 11.9 Å². The number of benzene rings is 1. The lowest BCUT2D eigenvalue weighted by atomic mass is 9.79. The van der Waals surface area contributed by atoms with Crippen LogP contribution in [0.2, 0.25) is 0 Å². The number of amides is 1. The highest BCUT2D eigenvalue weighted by Gasteiger charge is 2.39. The summed E-state index contributed by atoms with van der Waals surface area (Å²) in [5, 5.41) is 7.83. The Morgan fingerprint density at radius 2 is 1.95 bits per heavy atom. The summed E-state index contributed by atoms with van der Waals surface area (Å²) < 4.78 is 2.01. The minimum atomic E-state index is -0.0158. The molecule has 3 aromatic rings. The van der Waals surface area contributed by atoms with Gasteiger partial charge in [-0.25, -0.2) is 9.97 Å². The maximum atomic E-state index is 14.0. The lowest BCUT2D eigenvalue weighted by molar-refractivity contribution is -0.141. The molecule has 0 spiro atoms. The highest BCUT2D eigenvalue weighted by Crippen LogP contribution is 2.35. The van der Waals surface area contributed by atoms with Crippen molar-refractivity contribution < 1.29 is 4.79 Å². The number of carbonyl (C=O) groups excluding carboxylic acids is 1. The van der Waals surface area contributed by atoms with Gasteiger partial charge in [-0.3, -0.25) is 9.48 Å². The molecule has 0 aliphatic carbocycles. The fourth-order valence-corrected chi connectivity index (χ4v) is 5.91. The van der Waals surface area contributed by atoms with Crippen LogP contribution < -0.4 is 5.32 Å². The molecule has 2 aliphatic heterocycles. The van der Waals surface area contributed by atoms with Crippen molar-refractivity contribution in [1.29, 1.82) is 0 Å². The van der Waals surface area contributed by atoms with Crippen molar-refractivity contribution in [1.82, 2.24) is 29.5 Å².